The molecule has 3 aromatic rings. The van der Waals surface area contributed by atoms with Gasteiger partial charge in [-0.1, -0.05) is 48.0 Å². The molecule has 0 radical (unpaired) electrons. The molecule has 1 atom stereocenters. The molecule has 1 aliphatic heterocycles. The van der Waals surface area contributed by atoms with Crippen molar-refractivity contribution in [2.45, 2.75) is 19.3 Å². The second-order valence-corrected chi connectivity index (χ2v) is 6.45. The first-order valence-corrected chi connectivity index (χ1v) is 8.49. The van der Waals surface area contributed by atoms with Crippen molar-refractivity contribution in [3.8, 4) is 11.8 Å². The van der Waals surface area contributed by atoms with Gasteiger partial charge in [-0.05, 0) is 31.0 Å². The smallest absolute Gasteiger partial charge is 0.207 e. The lowest BCUT2D eigenvalue weighted by atomic mass is 9.99. The lowest BCUT2D eigenvalue weighted by Crippen LogP contribution is -2.20. The topological polar surface area (TPSA) is 57.7 Å². The van der Waals surface area contributed by atoms with E-state index in [1.54, 1.807) is 4.80 Å². The molecule has 25 heavy (non-hydrogen) atoms. The van der Waals surface area contributed by atoms with Gasteiger partial charge in [0.2, 0.25) is 5.69 Å². The Morgan fingerprint density at radius 3 is 2.52 bits per heavy atom. The van der Waals surface area contributed by atoms with E-state index in [4.69, 9.17) is 0 Å². The molecule has 2 heterocycles. The maximum Gasteiger partial charge on any atom is 0.207 e. The second kappa shape index (κ2) is 6.40. The quantitative estimate of drug-likeness (QED) is 0.738. The van der Waals surface area contributed by atoms with Gasteiger partial charge in [0, 0.05) is 19.0 Å². The van der Waals surface area contributed by atoms with Crippen molar-refractivity contribution in [3.63, 3.8) is 0 Å². The van der Waals surface area contributed by atoms with E-state index in [-0.39, 0.29) is 0 Å². The van der Waals surface area contributed by atoms with Crippen molar-refractivity contribution in [1.82, 2.24) is 15.0 Å². The maximum absolute atomic E-state index is 9.47. The zero-order valence-electron chi connectivity index (χ0n) is 14.1. The molecule has 0 amide bonds. The van der Waals surface area contributed by atoms with E-state index >= 15 is 0 Å². The maximum atomic E-state index is 9.47. The Hall–Kier alpha value is -3.13. The number of nitriles is 1. The molecule has 124 valence electrons. The SMILES string of the molecule is Cc1ccc(-n2nc(C#N)c(N3CC[C@H](c4ccccc4)C3)n2)cc1. The Bertz CT molecular complexity index is 906. The first-order valence-electron chi connectivity index (χ1n) is 8.49. The highest BCUT2D eigenvalue weighted by molar-refractivity contribution is 5.52. The molecular formula is C20H19N5. The van der Waals surface area contributed by atoms with E-state index in [1.807, 2.05) is 37.3 Å². The molecule has 0 bridgehead atoms. The van der Waals surface area contributed by atoms with Crippen molar-refractivity contribution < 1.29 is 0 Å². The summed E-state index contributed by atoms with van der Waals surface area (Å²) in [6, 6.07) is 20.7. The summed E-state index contributed by atoms with van der Waals surface area (Å²) in [6.07, 6.45) is 1.06. The Morgan fingerprint density at radius 1 is 1.04 bits per heavy atom. The molecule has 0 saturated carbocycles. The fourth-order valence-corrected chi connectivity index (χ4v) is 3.33. The lowest BCUT2D eigenvalue weighted by molar-refractivity contribution is 0.741. The predicted octanol–water partition coefficient (Wildman–Crippen LogP) is 3.44. The van der Waals surface area contributed by atoms with Gasteiger partial charge >= 0.3 is 0 Å². The van der Waals surface area contributed by atoms with Gasteiger partial charge in [-0.15, -0.1) is 15.0 Å². The van der Waals surface area contributed by atoms with Crippen LogP contribution in [0.25, 0.3) is 5.69 Å². The first-order chi connectivity index (χ1) is 12.2. The summed E-state index contributed by atoms with van der Waals surface area (Å²) in [4.78, 5) is 3.73. The van der Waals surface area contributed by atoms with Crippen molar-refractivity contribution in [1.29, 1.82) is 5.26 Å². The van der Waals surface area contributed by atoms with E-state index in [9.17, 15) is 5.26 Å². The Balaban J connectivity index is 1.61. The van der Waals surface area contributed by atoms with Crippen LogP contribution in [0.5, 0.6) is 0 Å². The highest BCUT2D eigenvalue weighted by Gasteiger charge is 2.28. The minimum atomic E-state index is 0.384. The second-order valence-electron chi connectivity index (χ2n) is 6.45. The van der Waals surface area contributed by atoms with Gasteiger partial charge in [0.05, 0.1) is 5.69 Å². The van der Waals surface area contributed by atoms with Crippen LogP contribution in [0.4, 0.5) is 5.82 Å². The Labute approximate surface area is 147 Å². The number of hydrogen-bond acceptors (Lipinski definition) is 4. The molecule has 0 spiro atoms. The molecule has 0 N–H and O–H groups in total. The van der Waals surface area contributed by atoms with Gasteiger partial charge in [-0.25, -0.2) is 0 Å². The lowest BCUT2D eigenvalue weighted by Gasteiger charge is -2.15. The van der Waals surface area contributed by atoms with Crippen LogP contribution >= 0.6 is 0 Å². The normalized spacial score (nSPS) is 16.8. The van der Waals surface area contributed by atoms with Crippen LogP contribution in [0.2, 0.25) is 0 Å². The third-order valence-electron chi connectivity index (χ3n) is 4.73. The molecule has 1 fully saturated rings. The van der Waals surface area contributed by atoms with E-state index in [2.05, 4.69) is 45.4 Å². The van der Waals surface area contributed by atoms with Gasteiger partial charge in [0.15, 0.2) is 5.82 Å². The van der Waals surface area contributed by atoms with Crippen molar-refractivity contribution in [2.24, 2.45) is 0 Å². The van der Waals surface area contributed by atoms with E-state index < -0.39 is 0 Å². The number of aryl methyl sites for hydroxylation is 1. The first kappa shape index (κ1) is 15.4. The number of aromatic nitrogens is 3. The van der Waals surface area contributed by atoms with Crippen LogP contribution in [0.1, 0.15) is 29.2 Å². The molecule has 5 nitrogen and oxygen atoms in total. The molecule has 0 unspecified atom stereocenters. The molecule has 1 aliphatic rings. The number of hydrogen-bond donors (Lipinski definition) is 0. The molecule has 4 rings (SSSR count). The summed E-state index contributed by atoms with van der Waals surface area (Å²) >= 11 is 0. The van der Waals surface area contributed by atoms with Crippen LogP contribution in [0, 0.1) is 18.3 Å². The Kier molecular flexibility index (Phi) is 3.95. The van der Waals surface area contributed by atoms with Gasteiger partial charge in [0.1, 0.15) is 6.07 Å². The fraction of sp³-hybridized carbons (Fsp3) is 0.250. The fourth-order valence-electron chi connectivity index (χ4n) is 3.33. The monoisotopic (exact) mass is 329 g/mol. The summed E-state index contributed by atoms with van der Waals surface area (Å²) in [5.74, 6) is 1.15. The molecule has 1 aromatic heterocycles. The van der Waals surface area contributed by atoms with Crippen molar-refractivity contribution in [3.05, 3.63) is 71.4 Å². The van der Waals surface area contributed by atoms with E-state index in [0.29, 0.717) is 17.4 Å². The minimum Gasteiger partial charge on any atom is -0.352 e. The number of anilines is 1. The van der Waals surface area contributed by atoms with E-state index in [0.717, 1.165) is 25.2 Å². The minimum absolute atomic E-state index is 0.384. The zero-order chi connectivity index (χ0) is 17.2. The van der Waals surface area contributed by atoms with Crippen LogP contribution < -0.4 is 4.90 Å². The summed E-state index contributed by atoms with van der Waals surface area (Å²) in [5, 5.41) is 18.4. The summed E-state index contributed by atoms with van der Waals surface area (Å²) in [7, 11) is 0. The molecule has 1 saturated heterocycles. The van der Waals surface area contributed by atoms with E-state index in [1.165, 1.54) is 11.1 Å². The molecule has 2 aromatic carbocycles. The van der Waals surface area contributed by atoms with Crippen molar-refractivity contribution in [2.75, 3.05) is 18.0 Å². The largest absolute Gasteiger partial charge is 0.352 e. The van der Waals surface area contributed by atoms with Crippen molar-refractivity contribution >= 4 is 5.82 Å². The number of nitrogens with zero attached hydrogens (tertiary/aromatic N) is 5. The van der Waals surface area contributed by atoms with Gasteiger partial charge in [-0.2, -0.15) is 5.26 Å². The van der Waals surface area contributed by atoms with Gasteiger partial charge < -0.3 is 4.90 Å². The van der Waals surface area contributed by atoms with Crippen LogP contribution in [0.3, 0.4) is 0 Å². The number of rotatable bonds is 3. The van der Waals surface area contributed by atoms with Crippen LogP contribution in [-0.4, -0.2) is 28.1 Å². The summed E-state index contributed by atoms with van der Waals surface area (Å²) in [6.45, 7) is 3.80. The standard InChI is InChI=1S/C20H19N5/c1-15-7-9-18(10-8-15)25-22-19(13-21)20(23-25)24-12-11-17(14-24)16-5-3-2-4-6-16/h2-10,17H,11-12,14H2,1H3/t17-/m0/s1. The highest BCUT2D eigenvalue weighted by atomic mass is 15.5. The highest BCUT2D eigenvalue weighted by Crippen LogP contribution is 2.31. The Morgan fingerprint density at radius 2 is 1.80 bits per heavy atom. The van der Waals surface area contributed by atoms with Crippen LogP contribution in [-0.2, 0) is 0 Å². The van der Waals surface area contributed by atoms with Gasteiger partial charge in [-0.3, -0.25) is 0 Å². The average molecular weight is 329 g/mol. The number of benzene rings is 2. The molecule has 0 aliphatic carbocycles. The molecule has 5 heteroatoms. The van der Waals surface area contributed by atoms with Gasteiger partial charge in [0.25, 0.3) is 0 Å². The average Bonchev–Trinajstić information content (AvgIpc) is 3.30. The van der Waals surface area contributed by atoms with Crippen LogP contribution in [0.15, 0.2) is 54.6 Å². The summed E-state index contributed by atoms with van der Waals surface area (Å²) in [5.41, 5.74) is 3.78. The third kappa shape index (κ3) is 2.99. The predicted molar refractivity (Wildman–Crippen MR) is 96.8 cm³/mol. The molecular weight excluding hydrogens is 310 g/mol. The zero-order valence-corrected chi connectivity index (χ0v) is 14.1. The summed E-state index contributed by atoms with van der Waals surface area (Å²) < 4.78 is 0. The third-order valence-corrected chi connectivity index (χ3v) is 4.73.